The second kappa shape index (κ2) is 8.99. The molecule has 1 atom stereocenters. The van der Waals surface area contributed by atoms with Crippen molar-refractivity contribution in [2.24, 2.45) is 5.11 Å². The van der Waals surface area contributed by atoms with Crippen molar-refractivity contribution >= 4 is 5.97 Å². The van der Waals surface area contributed by atoms with E-state index in [0.717, 1.165) is 5.56 Å². The molecule has 21 heavy (non-hydrogen) atoms. The monoisotopic (exact) mass is 294 g/mol. The molecule has 0 radical (unpaired) electrons. The number of rotatable bonds is 9. The van der Waals surface area contributed by atoms with E-state index in [1.54, 1.807) is 17.8 Å². The Labute approximate surface area is 124 Å². The molecule has 0 aliphatic rings. The average molecular weight is 294 g/mol. The molecule has 0 aliphatic heterocycles. The molecular formula is C13H22N6O2. The van der Waals surface area contributed by atoms with E-state index >= 15 is 0 Å². The largest absolute Gasteiger partial charge is 0.465 e. The molecular weight excluding hydrogens is 272 g/mol. The van der Waals surface area contributed by atoms with Crippen LogP contribution in [0.15, 0.2) is 17.5 Å². The standard InChI is InChI=1S/C13H22N6O2/c1-4-21-13(20)12(15-6-5-7-16-18-14)11-8-17-19(9-11)10(2)3/h8-10,12,15H,4-7H2,1-3H3. The van der Waals surface area contributed by atoms with Crippen molar-refractivity contribution in [2.45, 2.75) is 39.3 Å². The molecule has 0 fully saturated rings. The molecule has 0 spiro atoms. The van der Waals surface area contributed by atoms with E-state index in [-0.39, 0.29) is 12.0 Å². The van der Waals surface area contributed by atoms with Crippen LogP contribution in [0.4, 0.5) is 0 Å². The molecule has 8 heteroatoms. The maximum Gasteiger partial charge on any atom is 0.327 e. The molecule has 1 heterocycles. The van der Waals surface area contributed by atoms with E-state index in [0.29, 0.717) is 26.1 Å². The lowest BCUT2D eigenvalue weighted by Crippen LogP contribution is -2.31. The zero-order chi connectivity index (χ0) is 15.7. The van der Waals surface area contributed by atoms with Gasteiger partial charge in [0.05, 0.1) is 12.8 Å². The number of carbonyl (C=O) groups is 1. The second-order valence-corrected chi connectivity index (χ2v) is 4.79. The SMILES string of the molecule is CCOC(=O)C(NCCCN=[N+]=[N-])c1cnn(C(C)C)c1. The van der Waals surface area contributed by atoms with Crippen LogP contribution in [0.1, 0.15) is 44.8 Å². The number of aromatic nitrogens is 2. The van der Waals surface area contributed by atoms with E-state index in [9.17, 15) is 4.79 Å². The van der Waals surface area contributed by atoms with E-state index in [4.69, 9.17) is 10.3 Å². The van der Waals surface area contributed by atoms with Crippen molar-refractivity contribution in [3.63, 3.8) is 0 Å². The highest BCUT2D eigenvalue weighted by atomic mass is 16.5. The summed E-state index contributed by atoms with van der Waals surface area (Å²) in [6.07, 6.45) is 4.16. The third-order valence-corrected chi connectivity index (χ3v) is 2.85. The Morgan fingerprint density at radius 2 is 2.38 bits per heavy atom. The van der Waals surface area contributed by atoms with E-state index in [1.807, 2.05) is 20.0 Å². The first kappa shape index (κ1) is 17.0. The number of hydrogen-bond donors (Lipinski definition) is 1. The van der Waals surface area contributed by atoms with Crippen LogP contribution in [0, 0.1) is 0 Å². The smallest absolute Gasteiger partial charge is 0.327 e. The molecule has 0 saturated carbocycles. The van der Waals surface area contributed by atoms with Crippen molar-refractivity contribution in [3.05, 3.63) is 28.4 Å². The Hall–Kier alpha value is -2.05. The quantitative estimate of drug-likeness (QED) is 0.248. The molecule has 0 aliphatic carbocycles. The predicted octanol–water partition coefficient (Wildman–Crippen LogP) is 2.36. The summed E-state index contributed by atoms with van der Waals surface area (Å²) in [4.78, 5) is 14.7. The van der Waals surface area contributed by atoms with Crippen molar-refractivity contribution in [2.75, 3.05) is 19.7 Å². The third kappa shape index (κ3) is 5.45. The summed E-state index contributed by atoms with van der Waals surface area (Å²) >= 11 is 0. The summed E-state index contributed by atoms with van der Waals surface area (Å²) in [6, 6.07) is -0.324. The van der Waals surface area contributed by atoms with Gasteiger partial charge in [-0.15, -0.1) is 0 Å². The molecule has 1 rings (SSSR count). The lowest BCUT2D eigenvalue weighted by atomic mass is 10.1. The van der Waals surface area contributed by atoms with E-state index in [1.165, 1.54) is 0 Å². The first-order valence-electron chi connectivity index (χ1n) is 7.05. The van der Waals surface area contributed by atoms with Gasteiger partial charge in [0.15, 0.2) is 0 Å². The van der Waals surface area contributed by atoms with Gasteiger partial charge in [0.2, 0.25) is 0 Å². The molecule has 0 saturated heterocycles. The van der Waals surface area contributed by atoms with E-state index < -0.39 is 6.04 Å². The molecule has 1 unspecified atom stereocenters. The minimum atomic E-state index is -0.552. The zero-order valence-corrected chi connectivity index (χ0v) is 12.7. The Kier molecular flexibility index (Phi) is 7.28. The van der Waals surface area contributed by atoms with Crippen LogP contribution in [0.2, 0.25) is 0 Å². The summed E-state index contributed by atoms with van der Waals surface area (Å²) in [5, 5.41) is 10.8. The summed E-state index contributed by atoms with van der Waals surface area (Å²) in [5.41, 5.74) is 8.99. The van der Waals surface area contributed by atoms with Gasteiger partial charge in [-0.2, -0.15) is 5.10 Å². The van der Waals surface area contributed by atoms with Gasteiger partial charge in [-0.1, -0.05) is 5.11 Å². The van der Waals surface area contributed by atoms with Crippen molar-refractivity contribution in [3.8, 4) is 0 Å². The van der Waals surface area contributed by atoms with Crippen LogP contribution in [0.25, 0.3) is 10.4 Å². The first-order chi connectivity index (χ1) is 10.1. The lowest BCUT2D eigenvalue weighted by Gasteiger charge is -2.15. The number of ether oxygens (including phenoxy) is 1. The number of azide groups is 1. The fraction of sp³-hybridized carbons (Fsp3) is 0.692. The number of nitrogens with one attached hydrogen (secondary N) is 1. The minimum Gasteiger partial charge on any atom is -0.465 e. The van der Waals surface area contributed by atoms with Crippen LogP contribution in [-0.2, 0) is 9.53 Å². The fourth-order valence-corrected chi connectivity index (χ4v) is 1.79. The summed E-state index contributed by atoms with van der Waals surface area (Å²) in [7, 11) is 0. The average Bonchev–Trinajstić information content (AvgIpc) is 2.92. The highest BCUT2D eigenvalue weighted by Crippen LogP contribution is 2.16. The summed E-state index contributed by atoms with van der Waals surface area (Å²) in [6.45, 7) is 7.08. The number of esters is 1. The van der Waals surface area contributed by atoms with Gasteiger partial charge >= 0.3 is 5.97 Å². The van der Waals surface area contributed by atoms with Gasteiger partial charge in [0, 0.05) is 29.3 Å². The van der Waals surface area contributed by atoms with Gasteiger partial charge in [0.1, 0.15) is 6.04 Å². The molecule has 1 N–H and O–H groups in total. The number of nitrogens with zero attached hydrogens (tertiary/aromatic N) is 5. The molecule has 1 aromatic heterocycles. The predicted molar refractivity (Wildman–Crippen MR) is 78.6 cm³/mol. The van der Waals surface area contributed by atoms with Gasteiger partial charge in [-0.25, -0.2) is 4.79 Å². The topological polar surface area (TPSA) is 105 Å². The number of hydrogen-bond acceptors (Lipinski definition) is 5. The number of carbonyl (C=O) groups excluding carboxylic acids is 1. The van der Waals surface area contributed by atoms with Gasteiger partial charge in [-0.05, 0) is 39.3 Å². The van der Waals surface area contributed by atoms with Crippen LogP contribution >= 0.6 is 0 Å². The maximum absolute atomic E-state index is 12.0. The minimum absolute atomic E-state index is 0.228. The van der Waals surface area contributed by atoms with Gasteiger partial charge < -0.3 is 10.1 Å². The van der Waals surface area contributed by atoms with Crippen molar-refractivity contribution in [1.82, 2.24) is 15.1 Å². The van der Waals surface area contributed by atoms with Crippen LogP contribution < -0.4 is 5.32 Å². The fourth-order valence-electron chi connectivity index (χ4n) is 1.79. The third-order valence-electron chi connectivity index (χ3n) is 2.85. The van der Waals surface area contributed by atoms with Gasteiger partial charge in [-0.3, -0.25) is 4.68 Å². The maximum atomic E-state index is 12.0. The molecule has 0 bridgehead atoms. The summed E-state index contributed by atoms with van der Waals surface area (Å²) < 4.78 is 6.88. The molecule has 116 valence electrons. The van der Waals surface area contributed by atoms with Gasteiger partial charge in [0.25, 0.3) is 0 Å². The Bertz CT molecular complexity index is 493. The van der Waals surface area contributed by atoms with Crippen molar-refractivity contribution in [1.29, 1.82) is 0 Å². The van der Waals surface area contributed by atoms with Crippen LogP contribution in [0.3, 0.4) is 0 Å². The highest BCUT2D eigenvalue weighted by molar-refractivity contribution is 5.77. The highest BCUT2D eigenvalue weighted by Gasteiger charge is 2.23. The molecule has 0 aromatic carbocycles. The van der Waals surface area contributed by atoms with Crippen LogP contribution in [0.5, 0.6) is 0 Å². The molecule has 8 nitrogen and oxygen atoms in total. The van der Waals surface area contributed by atoms with E-state index in [2.05, 4.69) is 20.4 Å². The molecule has 1 aromatic rings. The Morgan fingerprint density at radius 3 is 2.95 bits per heavy atom. The second-order valence-electron chi connectivity index (χ2n) is 4.79. The lowest BCUT2D eigenvalue weighted by molar-refractivity contribution is -0.145. The zero-order valence-electron chi connectivity index (χ0n) is 12.7. The first-order valence-corrected chi connectivity index (χ1v) is 7.05. The molecule has 0 amide bonds. The summed E-state index contributed by atoms with van der Waals surface area (Å²) in [5.74, 6) is -0.329. The Balaban J connectivity index is 2.71. The normalized spacial score (nSPS) is 12.0. The van der Waals surface area contributed by atoms with Crippen LogP contribution in [-0.4, -0.2) is 35.4 Å². The van der Waals surface area contributed by atoms with Crippen molar-refractivity contribution < 1.29 is 9.53 Å². The Morgan fingerprint density at radius 1 is 1.62 bits per heavy atom.